The lowest BCUT2D eigenvalue weighted by Crippen LogP contribution is -2.29. The minimum atomic E-state index is -4.42. The molecule has 10 heteroatoms. The Hall–Kier alpha value is -4.89. The van der Waals surface area contributed by atoms with Crippen molar-refractivity contribution in [1.29, 1.82) is 0 Å². The maximum atomic E-state index is 12.7. The molecule has 0 saturated carbocycles. The van der Waals surface area contributed by atoms with Crippen LogP contribution in [0.25, 0.3) is 0 Å². The van der Waals surface area contributed by atoms with E-state index in [1.54, 1.807) is 0 Å². The van der Waals surface area contributed by atoms with Crippen LogP contribution in [0.15, 0.2) is 182 Å². The Morgan fingerprint density at radius 1 is 0.411 bits per heavy atom. The molecule has 0 heterocycles. The van der Waals surface area contributed by atoms with Crippen LogP contribution in [0.4, 0.5) is 0 Å². The molecule has 3 N–H and O–H groups in total. The highest BCUT2D eigenvalue weighted by molar-refractivity contribution is 7.47. The van der Waals surface area contributed by atoms with Gasteiger partial charge in [0.2, 0.25) is 0 Å². The molecule has 0 rings (SSSR count). The van der Waals surface area contributed by atoms with Gasteiger partial charge in [0.1, 0.15) is 6.61 Å². The molecule has 2 atom stereocenters. The Labute approximate surface area is 443 Å². The minimum Gasteiger partial charge on any atom is -0.462 e. The number of carbonyl (C=O) groups is 2. The summed E-state index contributed by atoms with van der Waals surface area (Å²) in [6, 6.07) is 0. The van der Waals surface area contributed by atoms with Gasteiger partial charge in [0.25, 0.3) is 0 Å². The van der Waals surface area contributed by atoms with E-state index in [1.165, 1.54) is 0 Å². The van der Waals surface area contributed by atoms with E-state index < -0.39 is 32.5 Å². The van der Waals surface area contributed by atoms with Gasteiger partial charge in [-0.2, -0.15) is 0 Å². The van der Waals surface area contributed by atoms with Gasteiger partial charge in [0.05, 0.1) is 13.2 Å². The monoisotopic (exact) mass is 1030 g/mol. The molecular weight excluding hydrogens is 930 g/mol. The van der Waals surface area contributed by atoms with E-state index in [9.17, 15) is 19.0 Å². The molecule has 0 radical (unpaired) electrons. The van der Waals surface area contributed by atoms with E-state index in [4.69, 9.17) is 24.3 Å². The summed E-state index contributed by atoms with van der Waals surface area (Å²) >= 11 is 0. The van der Waals surface area contributed by atoms with Crippen molar-refractivity contribution in [2.24, 2.45) is 5.73 Å². The van der Waals surface area contributed by atoms with Gasteiger partial charge in [0, 0.05) is 19.4 Å². The fourth-order valence-corrected chi connectivity index (χ4v) is 7.11. The van der Waals surface area contributed by atoms with Crippen molar-refractivity contribution in [3.63, 3.8) is 0 Å². The lowest BCUT2D eigenvalue weighted by molar-refractivity contribution is -0.161. The zero-order valence-electron chi connectivity index (χ0n) is 45.0. The maximum absolute atomic E-state index is 12.7. The Kier molecular flexibility index (Phi) is 52.6. The molecule has 0 bridgehead atoms. The predicted octanol–water partition coefficient (Wildman–Crippen LogP) is 17.3. The number of hydrogen-bond acceptors (Lipinski definition) is 8. The quantitative estimate of drug-likeness (QED) is 0.0264. The molecular formula is C63H96NO8P. The summed E-state index contributed by atoms with van der Waals surface area (Å²) in [7, 11) is -4.42. The molecule has 0 aromatic rings. The molecule has 0 spiro atoms. The standard InChI is InChI=1S/C63H96NO8P/c1-3-5-7-9-11-13-15-17-19-21-22-23-24-25-26-27-28-29-30-31-32-33-34-35-36-37-38-40-42-44-46-48-50-52-54-56-63(66)72-61(60-71-73(67,68)70-58-57-64)59-69-62(65)55-53-51-49-47-45-43-41-39-20-18-16-14-12-10-8-6-4-2/h5-8,11-14,17-20,22-23,25-26,28-29,31-32,34-35,37-38,41-44,47,49,61H,3-4,9-10,15-16,21,24,27,30,33,36,39-40,45-46,48,50-60,64H2,1-2H3,(H,67,68)/b7-5-,8-6-,13-11-,14-12-,19-17-,20-18-,23-22-,26-25-,29-28-,32-31-,35-34-,38-37-,43-41-,44-42-,49-47-. The summed E-state index contributed by atoms with van der Waals surface area (Å²) in [6.07, 6.45) is 85.2. The smallest absolute Gasteiger partial charge is 0.462 e. The van der Waals surface area contributed by atoms with Gasteiger partial charge in [-0.05, 0) is 128 Å². The Morgan fingerprint density at radius 3 is 1.08 bits per heavy atom. The molecule has 0 aliphatic carbocycles. The van der Waals surface area contributed by atoms with E-state index >= 15 is 0 Å². The largest absolute Gasteiger partial charge is 0.472 e. The normalized spacial score (nSPS) is 14.5. The van der Waals surface area contributed by atoms with Crippen LogP contribution in [-0.4, -0.2) is 49.3 Å². The fraction of sp³-hybridized carbons (Fsp3) is 0.492. The van der Waals surface area contributed by atoms with Crippen LogP contribution in [0.3, 0.4) is 0 Å². The van der Waals surface area contributed by atoms with Crippen LogP contribution < -0.4 is 5.73 Å². The highest BCUT2D eigenvalue weighted by Gasteiger charge is 2.26. The predicted molar refractivity (Wildman–Crippen MR) is 311 cm³/mol. The van der Waals surface area contributed by atoms with Crippen LogP contribution in [0.2, 0.25) is 0 Å². The van der Waals surface area contributed by atoms with Crippen molar-refractivity contribution in [2.75, 3.05) is 26.4 Å². The highest BCUT2D eigenvalue weighted by atomic mass is 31.2. The first-order chi connectivity index (χ1) is 35.8. The number of phosphoric ester groups is 1. The Bertz CT molecular complexity index is 1840. The molecule has 406 valence electrons. The minimum absolute atomic E-state index is 0.0302. The first kappa shape index (κ1) is 68.1. The van der Waals surface area contributed by atoms with Crippen LogP contribution >= 0.6 is 7.82 Å². The third-order valence-corrected chi connectivity index (χ3v) is 11.3. The Morgan fingerprint density at radius 2 is 0.726 bits per heavy atom. The molecule has 9 nitrogen and oxygen atoms in total. The molecule has 0 amide bonds. The number of allylic oxidation sites excluding steroid dienone is 30. The van der Waals surface area contributed by atoms with Crippen molar-refractivity contribution in [3.8, 4) is 0 Å². The van der Waals surface area contributed by atoms with E-state index in [0.717, 1.165) is 128 Å². The van der Waals surface area contributed by atoms with Crippen molar-refractivity contribution >= 4 is 19.8 Å². The molecule has 0 aromatic heterocycles. The van der Waals surface area contributed by atoms with Crippen LogP contribution in [0.5, 0.6) is 0 Å². The first-order valence-electron chi connectivity index (χ1n) is 27.3. The number of esters is 2. The number of rotatable bonds is 48. The fourth-order valence-electron chi connectivity index (χ4n) is 6.34. The maximum Gasteiger partial charge on any atom is 0.472 e. The molecule has 0 aromatic carbocycles. The van der Waals surface area contributed by atoms with Crippen molar-refractivity contribution < 1.29 is 37.6 Å². The van der Waals surface area contributed by atoms with Gasteiger partial charge in [-0.25, -0.2) is 4.57 Å². The molecule has 0 saturated heterocycles. The first-order valence-corrected chi connectivity index (χ1v) is 28.8. The second-order valence-electron chi connectivity index (χ2n) is 17.0. The van der Waals surface area contributed by atoms with Gasteiger partial charge < -0.3 is 20.1 Å². The molecule has 2 unspecified atom stereocenters. The van der Waals surface area contributed by atoms with E-state index in [2.05, 4.69) is 190 Å². The summed E-state index contributed by atoms with van der Waals surface area (Å²) in [6.45, 7) is 3.37. The number of phosphoric acid groups is 1. The summed E-state index contributed by atoms with van der Waals surface area (Å²) in [5.74, 6) is -0.946. The van der Waals surface area contributed by atoms with Crippen LogP contribution in [0, 0.1) is 0 Å². The molecule has 0 aliphatic rings. The van der Waals surface area contributed by atoms with Gasteiger partial charge in [-0.1, -0.05) is 209 Å². The second kappa shape index (κ2) is 56.4. The average molecular weight is 1030 g/mol. The van der Waals surface area contributed by atoms with Crippen molar-refractivity contribution in [2.45, 2.75) is 174 Å². The number of nitrogens with two attached hydrogens (primary N) is 1. The second-order valence-corrected chi connectivity index (χ2v) is 18.4. The number of hydrogen-bond donors (Lipinski definition) is 2. The van der Waals surface area contributed by atoms with E-state index in [0.29, 0.717) is 12.8 Å². The lowest BCUT2D eigenvalue weighted by atomic mass is 10.1. The zero-order valence-corrected chi connectivity index (χ0v) is 45.9. The summed E-state index contributed by atoms with van der Waals surface area (Å²) in [5.41, 5.74) is 5.36. The third kappa shape index (κ3) is 56.3. The summed E-state index contributed by atoms with van der Waals surface area (Å²) < 4.78 is 32.8. The van der Waals surface area contributed by atoms with Gasteiger partial charge in [0.15, 0.2) is 6.10 Å². The molecule has 0 aliphatic heterocycles. The van der Waals surface area contributed by atoms with E-state index in [-0.39, 0.29) is 32.6 Å². The molecule has 0 fully saturated rings. The van der Waals surface area contributed by atoms with Gasteiger partial charge in [-0.3, -0.25) is 18.6 Å². The zero-order chi connectivity index (χ0) is 53.1. The number of carbonyl (C=O) groups excluding carboxylic acids is 2. The molecule has 73 heavy (non-hydrogen) atoms. The third-order valence-electron chi connectivity index (χ3n) is 10.3. The van der Waals surface area contributed by atoms with Crippen molar-refractivity contribution in [1.82, 2.24) is 0 Å². The lowest BCUT2D eigenvalue weighted by Gasteiger charge is -2.19. The van der Waals surface area contributed by atoms with E-state index in [1.807, 2.05) is 6.08 Å². The van der Waals surface area contributed by atoms with Gasteiger partial charge in [-0.15, -0.1) is 0 Å². The average Bonchev–Trinajstić information content (AvgIpc) is 3.38. The topological polar surface area (TPSA) is 134 Å². The number of unbranched alkanes of at least 4 members (excludes halogenated alkanes) is 5. The summed E-state index contributed by atoms with van der Waals surface area (Å²) in [5, 5.41) is 0. The SMILES string of the molecule is CC/C=C\C/C=C\C/C=C\C/C=C\C/C=C\C/C=C\C/C=C\C/C=C\C/C=C\C/C=C\CCCCCCC(=O)OC(COC(=O)CCC/C=C\C/C=C\C/C=C\C/C=C\C/C=C\CC)COP(=O)(O)OCCN. The van der Waals surface area contributed by atoms with Crippen molar-refractivity contribution in [3.05, 3.63) is 182 Å². The Balaban J connectivity index is 4.18. The van der Waals surface area contributed by atoms with Crippen LogP contribution in [-0.2, 0) is 32.7 Å². The summed E-state index contributed by atoms with van der Waals surface area (Å²) in [4.78, 5) is 35.1. The van der Waals surface area contributed by atoms with Gasteiger partial charge >= 0.3 is 19.8 Å². The van der Waals surface area contributed by atoms with Crippen LogP contribution in [0.1, 0.15) is 168 Å². The number of ether oxygens (including phenoxy) is 2. The highest BCUT2D eigenvalue weighted by Crippen LogP contribution is 2.43.